The van der Waals surface area contributed by atoms with E-state index in [0.717, 1.165) is 6.42 Å². The van der Waals surface area contributed by atoms with Crippen molar-refractivity contribution in [1.29, 1.82) is 0 Å². The Hall–Kier alpha value is -1.95. The maximum absolute atomic E-state index is 13.5. The molecule has 20 heavy (non-hydrogen) atoms. The SMILES string of the molecule is CCCC(O)CNC(=O)C(=O)Nc1ccc(C)cc1F. The van der Waals surface area contributed by atoms with Gasteiger partial charge < -0.3 is 15.7 Å². The van der Waals surface area contributed by atoms with E-state index in [1.165, 1.54) is 12.1 Å². The quantitative estimate of drug-likeness (QED) is 0.713. The van der Waals surface area contributed by atoms with E-state index in [1.807, 2.05) is 6.92 Å². The number of aliphatic hydroxyl groups is 1. The van der Waals surface area contributed by atoms with Gasteiger partial charge in [-0.1, -0.05) is 19.4 Å². The fourth-order valence-corrected chi connectivity index (χ4v) is 1.63. The van der Waals surface area contributed by atoms with Crippen LogP contribution in [0.25, 0.3) is 0 Å². The van der Waals surface area contributed by atoms with Crippen LogP contribution in [0.5, 0.6) is 0 Å². The van der Waals surface area contributed by atoms with Crippen molar-refractivity contribution in [3.63, 3.8) is 0 Å². The number of anilines is 1. The number of amides is 2. The van der Waals surface area contributed by atoms with Gasteiger partial charge in [0.15, 0.2) is 0 Å². The molecule has 0 aliphatic heterocycles. The van der Waals surface area contributed by atoms with Crippen molar-refractivity contribution < 1.29 is 19.1 Å². The predicted octanol–water partition coefficient (Wildman–Crippen LogP) is 1.35. The lowest BCUT2D eigenvalue weighted by Gasteiger charge is -2.11. The molecule has 110 valence electrons. The first-order valence-corrected chi connectivity index (χ1v) is 6.47. The van der Waals surface area contributed by atoms with E-state index in [0.29, 0.717) is 12.0 Å². The fourth-order valence-electron chi connectivity index (χ4n) is 1.63. The Morgan fingerprint density at radius 3 is 2.65 bits per heavy atom. The van der Waals surface area contributed by atoms with E-state index >= 15 is 0 Å². The lowest BCUT2D eigenvalue weighted by molar-refractivity contribution is -0.136. The molecule has 0 heterocycles. The summed E-state index contributed by atoms with van der Waals surface area (Å²) < 4.78 is 13.5. The van der Waals surface area contributed by atoms with Crippen LogP contribution in [0.2, 0.25) is 0 Å². The van der Waals surface area contributed by atoms with E-state index in [2.05, 4.69) is 10.6 Å². The molecule has 1 rings (SSSR count). The highest BCUT2D eigenvalue weighted by atomic mass is 19.1. The molecule has 0 spiro atoms. The minimum atomic E-state index is -0.962. The maximum atomic E-state index is 13.5. The maximum Gasteiger partial charge on any atom is 0.313 e. The van der Waals surface area contributed by atoms with Crippen LogP contribution in [0.3, 0.4) is 0 Å². The number of benzene rings is 1. The molecule has 3 N–H and O–H groups in total. The zero-order valence-electron chi connectivity index (χ0n) is 11.6. The first kappa shape index (κ1) is 16.1. The molecule has 1 unspecified atom stereocenters. The molecule has 0 aromatic heterocycles. The van der Waals surface area contributed by atoms with Gasteiger partial charge in [0.05, 0.1) is 11.8 Å². The molecule has 1 atom stereocenters. The number of aryl methyl sites for hydroxylation is 1. The molecule has 0 saturated carbocycles. The molecule has 0 bridgehead atoms. The lowest BCUT2D eigenvalue weighted by atomic mass is 10.2. The third kappa shape index (κ3) is 4.97. The first-order valence-electron chi connectivity index (χ1n) is 6.47. The van der Waals surface area contributed by atoms with E-state index in [4.69, 9.17) is 0 Å². The van der Waals surface area contributed by atoms with E-state index < -0.39 is 23.7 Å². The summed E-state index contributed by atoms with van der Waals surface area (Å²) in [6.45, 7) is 3.62. The Bertz CT molecular complexity index is 491. The minimum Gasteiger partial charge on any atom is -0.391 e. The van der Waals surface area contributed by atoms with Crippen molar-refractivity contribution in [2.45, 2.75) is 32.8 Å². The zero-order chi connectivity index (χ0) is 15.1. The zero-order valence-corrected chi connectivity index (χ0v) is 11.6. The van der Waals surface area contributed by atoms with Gasteiger partial charge in [-0.25, -0.2) is 4.39 Å². The molecule has 0 saturated heterocycles. The molecule has 0 aliphatic rings. The van der Waals surface area contributed by atoms with Crippen molar-refractivity contribution in [3.05, 3.63) is 29.6 Å². The Balaban J connectivity index is 2.51. The second kappa shape index (κ2) is 7.59. The van der Waals surface area contributed by atoms with Crippen LogP contribution < -0.4 is 10.6 Å². The number of carbonyl (C=O) groups excluding carboxylic acids is 2. The highest BCUT2D eigenvalue weighted by Gasteiger charge is 2.16. The van der Waals surface area contributed by atoms with Gasteiger partial charge >= 0.3 is 11.8 Å². The summed E-state index contributed by atoms with van der Waals surface area (Å²) in [5, 5.41) is 13.9. The summed E-state index contributed by atoms with van der Waals surface area (Å²) >= 11 is 0. The van der Waals surface area contributed by atoms with Crippen molar-refractivity contribution in [2.75, 3.05) is 11.9 Å². The number of hydrogen-bond acceptors (Lipinski definition) is 3. The molecule has 0 aliphatic carbocycles. The molecule has 0 radical (unpaired) electrons. The van der Waals surface area contributed by atoms with Crippen LogP contribution >= 0.6 is 0 Å². The monoisotopic (exact) mass is 282 g/mol. The standard InChI is InChI=1S/C14H19FN2O3/c1-3-4-10(18)8-16-13(19)14(20)17-12-6-5-9(2)7-11(12)15/h5-7,10,18H,3-4,8H2,1-2H3,(H,16,19)(H,17,20). The van der Waals surface area contributed by atoms with Crippen molar-refractivity contribution >= 4 is 17.5 Å². The average Bonchev–Trinajstić information content (AvgIpc) is 2.39. The second-order valence-corrected chi connectivity index (χ2v) is 4.59. The second-order valence-electron chi connectivity index (χ2n) is 4.59. The van der Waals surface area contributed by atoms with Crippen LogP contribution in [-0.2, 0) is 9.59 Å². The molecule has 0 fully saturated rings. The van der Waals surface area contributed by atoms with Gasteiger partial charge in [-0.15, -0.1) is 0 Å². The smallest absolute Gasteiger partial charge is 0.313 e. The Labute approximate surface area is 117 Å². The molecule has 5 nitrogen and oxygen atoms in total. The van der Waals surface area contributed by atoms with Gasteiger partial charge in [-0.2, -0.15) is 0 Å². The highest BCUT2D eigenvalue weighted by Crippen LogP contribution is 2.14. The van der Waals surface area contributed by atoms with Crippen LogP contribution in [0, 0.1) is 12.7 Å². The lowest BCUT2D eigenvalue weighted by Crippen LogP contribution is -2.39. The van der Waals surface area contributed by atoms with Crippen LogP contribution in [0.1, 0.15) is 25.3 Å². The van der Waals surface area contributed by atoms with E-state index in [-0.39, 0.29) is 12.2 Å². The average molecular weight is 282 g/mol. The van der Waals surface area contributed by atoms with Gasteiger partial charge in [0, 0.05) is 6.54 Å². The number of rotatable bonds is 5. The number of nitrogens with one attached hydrogen (secondary N) is 2. The molecule has 2 amide bonds. The Morgan fingerprint density at radius 1 is 1.35 bits per heavy atom. The van der Waals surface area contributed by atoms with Crippen molar-refractivity contribution in [3.8, 4) is 0 Å². The van der Waals surface area contributed by atoms with Gasteiger partial charge in [-0.05, 0) is 31.0 Å². The van der Waals surface area contributed by atoms with Gasteiger partial charge in [-0.3, -0.25) is 9.59 Å². The van der Waals surface area contributed by atoms with Gasteiger partial charge in [0.2, 0.25) is 0 Å². The molecule has 1 aromatic carbocycles. The van der Waals surface area contributed by atoms with Gasteiger partial charge in [0.25, 0.3) is 0 Å². The van der Waals surface area contributed by atoms with Crippen LogP contribution in [-0.4, -0.2) is 29.6 Å². The largest absolute Gasteiger partial charge is 0.391 e. The first-order chi connectivity index (χ1) is 9.43. The normalized spacial score (nSPS) is 11.8. The summed E-state index contributed by atoms with van der Waals surface area (Å²) in [4.78, 5) is 23.0. The summed E-state index contributed by atoms with van der Waals surface area (Å²) in [6.07, 6.45) is 0.625. The minimum absolute atomic E-state index is 0.00350. The third-order valence-electron chi connectivity index (χ3n) is 2.70. The highest BCUT2D eigenvalue weighted by molar-refractivity contribution is 6.39. The molecular weight excluding hydrogens is 263 g/mol. The molecule has 6 heteroatoms. The Kier molecular flexibility index (Phi) is 6.11. The van der Waals surface area contributed by atoms with Gasteiger partial charge in [0.1, 0.15) is 5.82 Å². The van der Waals surface area contributed by atoms with Crippen molar-refractivity contribution in [2.24, 2.45) is 0 Å². The summed E-state index contributed by atoms with van der Waals surface area (Å²) in [5.41, 5.74) is 0.664. The van der Waals surface area contributed by atoms with Crippen LogP contribution in [0.15, 0.2) is 18.2 Å². The summed E-state index contributed by atoms with van der Waals surface area (Å²) in [7, 11) is 0. The number of carbonyl (C=O) groups is 2. The van der Waals surface area contributed by atoms with E-state index in [9.17, 15) is 19.1 Å². The fraction of sp³-hybridized carbons (Fsp3) is 0.429. The van der Waals surface area contributed by atoms with Crippen LogP contribution in [0.4, 0.5) is 10.1 Å². The number of halogens is 1. The topological polar surface area (TPSA) is 78.4 Å². The summed E-state index contributed by atoms with van der Waals surface area (Å²) in [5.74, 6) is -2.46. The third-order valence-corrected chi connectivity index (χ3v) is 2.70. The molecule has 1 aromatic rings. The summed E-state index contributed by atoms with van der Waals surface area (Å²) in [6, 6.07) is 4.28. The van der Waals surface area contributed by atoms with E-state index in [1.54, 1.807) is 13.0 Å². The predicted molar refractivity (Wildman–Crippen MR) is 73.7 cm³/mol. The number of hydrogen-bond donors (Lipinski definition) is 3. The molecular formula is C14H19FN2O3. The number of aliphatic hydroxyl groups excluding tert-OH is 1. The Morgan fingerprint density at radius 2 is 2.05 bits per heavy atom. The van der Waals surface area contributed by atoms with Crippen molar-refractivity contribution in [1.82, 2.24) is 5.32 Å².